The lowest BCUT2D eigenvalue weighted by Crippen LogP contribution is -2.37. The van der Waals surface area contributed by atoms with E-state index >= 15 is 0 Å². The van der Waals surface area contributed by atoms with Gasteiger partial charge in [-0.15, -0.1) is 6.42 Å². The van der Waals surface area contributed by atoms with Crippen LogP contribution in [0.3, 0.4) is 0 Å². The molecular formula is C18H23N3O4S. The van der Waals surface area contributed by atoms with Crippen molar-refractivity contribution >= 4 is 21.8 Å². The van der Waals surface area contributed by atoms with Crippen molar-refractivity contribution in [1.29, 1.82) is 0 Å². The molecule has 2 rings (SSSR count). The summed E-state index contributed by atoms with van der Waals surface area (Å²) in [6, 6.07) is 5.54. The van der Waals surface area contributed by atoms with Crippen molar-refractivity contribution in [2.75, 3.05) is 19.6 Å². The van der Waals surface area contributed by atoms with Gasteiger partial charge in [0.25, 0.3) is 5.91 Å². The van der Waals surface area contributed by atoms with Gasteiger partial charge in [-0.3, -0.25) is 9.59 Å². The lowest BCUT2D eigenvalue weighted by atomic mass is 10.1. The Bertz CT molecular complexity index is 776. The van der Waals surface area contributed by atoms with Crippen LogP contribution in [0.2, 0.25) is 0 Å². The van der Waals surface area contributed by atoms with Gasteiger partial charge in [0.2, 0.25) is 15.9 Å². The van der Waals surface area contributed by atoms with Gasteiger partial charge in [0, 0.05) is 24.6 Å². The van der Waals surface area contributed by atoms with Crippen molar-refractivity contribution in [2.24, 2.45) is 5.92 Å². The molecule has 0 saturated heterocycles. The Morgan fingerprint density at radius 1 is 1.08 bits per heavy atom. The third-order valence-electron chi connectivity index (χ3n) is 4.23. The number of carbonyl (C=O) groups excluding carboxylic acids is 2. The largest absolute Gasteiger partial charge is 0.354 e. The highest BCUT2D eigenvalue weighted by Gasteiger charge is 2.22. The summed E-state index contributed by atoms with van der Waals surface area (Å²) in [5.74, 6) is 2.01. The van der Waals surface area contributed by atoms with Gasteiger partial charge in [-0.1, -0.05) is 18.8 Å². The minimum Gasteiger partial charge on any atom is -0.354 e. The van der Waals surface area contributed by atoms with E-state index < -0.39 is 10.0 Å². The van der Waals surface area contributed by atoms with Crippen molar-refractivity contribution in [3.8, 4) is 12.3 Å². The quantitative estimate of drug-likeness (QED) is 0.457. The Morgan fingerprint density at radius 3 is 2.31 bits per heavy atom. The van der Waals surface area contributed by atoms with Crippen molar-refractivity contribution in [3.05, 3.63) is 29.8 Å². The van der Waals surface area contributed by atoms with E-state index in [-0.39, 0.29) is 29.2 Å². The number of rotatable bonds is 8. The number of hydrogen-bond acceptors (Lipinski definition) is 4. The third kappa shape index (κ3) is 5.58. The molecule has 0 unspecified atom stereocenters. The first-order valence-electron chi connectivity index (χ1n) is 8.53. The van der Waals surface area contributed by atoms with Gasteiger partial charge in [0.15, 0.2) is 0 Å². The zero-order valence-electron chi connectivity index (χ0n) is 14.5. The van der Waals surface area contributed by atoms with Crippen molar-refractivity contribution in [2.45, 2.75) is 30.6 Å². The molecule has 1 saturated carbocycles. The van der Waals surface area contributed by atoms with E-state index in [2.05, 4.69) is 21.3 Å². The first kappa shape index (κ1) is 19.9. The predicted molar refractivity (Wildman–Crippen MR) is 97.8 cm³/mol. The molecule has 7 nitrogen and oxygen atoms in total. The number of carbonyl (C=O) groups is 2. The predicted octanol–water partition coefficient (Wildman–Crippen LogP) is 0.634. The Morgan fingerprint density at radius 2 is 1.69 bits per heavy atom. The van der Waals surface area contributed by atoms with Crippen LogP contribution in [-0.2, 0) is 14.8 Å². The lowest BCUT2D eigenvalue weighted by molar-refractivity contribution is -0.124. The summed E-state index contributed by atoms with van der Waals surface area (Å²) in [5.41, 5.74) is 0.336. The molecule has 3 N–H and O–H groups in total. The van der Waals surface area contributed by atoms with Crippen molar-refractivity contribution in [3.63, 3.8) is 0 Å². The maximum atomic E-state index is 12.1. The Balaban J connectivity index is 1.79. The summed E-state index contributed by atoms with van der Waals surface area (Å²) < 4.78 is 26.1. The molecule has 8 heteroatoms. The van der Waals surface area contributed by atoms with Gasteiger partial charge >= 0.3 is 0 Å². The first-order chi connectivity index (χ1) is 12.4. The first-order valence-corrected chi connectivity index (χ1v) is 10.0. The fourth-order valence-corrected chi connectivity index (χ4v) is 3.74. The van der Waals surface area contributed by atoms with Crippen LogP contribution >= 0.6 is 0 Å². The minimum atomic E-state index is -3.68. The monoisotopic (exact) mass is 377 g/mol. The molecule has 2 amide bonds. The fraction of sp³-hybridized carbons (Fsp3) is 0.444. The minimum absolute atomic E-state index is 0.0353. The van der Waals surface area contributed by atoms with E-state index in [4.69, 9.17) is 6.42 Å². The third-order valence-corrected chi connectivity index (χ3v) is 5.64. The number of nitrogens with one attached hydrogen (secondary N) is 3. The zero-order valence-corrected chi connectivity index (χ0v) is 15.3. The van der Waals surface area contributed by atoms with E-state index in [1.807, 2.05) is 0 Å². The average molecular weight is 377 g/mol. The molecule has 140 valence electrons. The molecule has 26 heavy (non-hydrogen) atoms. The smallest absolute Gasteiger partial charge is 0.251 e. The lowest BCUT2D eigenvalue weighted by Gasteiger charge is -2.11. The summed E-state index contributed by atoms with van der Waals surface area (Å²) in [6.07, 6.45) is 9.09. The number of amides is 2. The molecule has 0 spiro atoms. The molecule has 0 aromatic heterocycles. The molecule has 0 atom stereocenters. The van der Waals surface area contributed by atoms with Crippen LogP contribution in [0.25, 0.3) is 0 Å². The standard InChI is InChI=1S/C18H23N3O4S/c1-2-11-21-26(24,25)16-9-7-15(8-10-16)18(23)20-13-12-19-17(22)14-5-3-4-6-14/h1,7-10,14,21H,3-6,11-13H2,(H,19,22)(H,20,23). The molecule has 1 fully saturated rings. The van der Waals surface area contributed by atoms with Gasteiger partial charge in [-0.2, -0.15) is 4.72 Å². The number of sulfonamides is 1. The van der Waals surface area contributed by atoms with Crippen LogP contribution in [0.15, 0.2) is 29.2 Å². The summed E-state index contributed by atoms with van der Waals surface area (Å²) in [6.45, 7) is 0.571. The molecule has 0 heterocycles. The van der Waals surface area contributed by atoms with Gasteiger partial charge in [-0.25, -0.2) is 8.42 Å². The molecule has 0 aliphatic heterocycles. The van der Waals surface area contributed by atoms with Crippen LogP contribution in [0, 0.1) is 18.3 Å². The Labute approximate surface area is 154 Å². The number of terminal acetylenes is 1. The Kier molecular flexibility index (Phi) is 7.18. The maximum Gasteiger partial charge on any atom is 0.251 e. The Hall–Kier alpha value is -2.37. The summed E-state index contributed by atoms with van der Waals surface area (Å²) in [5, 5.41) is 5.51. The van der Waals surface area contributed by atoms with E-state index in [9.17, 15) is 18.0 Å². The second-order valence-electron chi connectivity index (χ2n) is 6.08. The topological polar surface area (TPSA) is 104 Å². The zero-order chi connectivity index (χ0) is 19.0. The van der Waals surface area contributed by atoms with Crippen molar-refractivity contribution in [1.82, 2.24) is 15.4 Å². The molecule has 0 radical (unpaired) electrons. The summed E-state index contributed by atoms with van der Waals surface area (Å²) in [4.78, 5) is 24.0. The molecule has 1 aromatic rings. The van der Waals surface area contributed by atoms with Crippen LogP contribution in [-0.4, -0.2) is 39.9 Å². The van der Waals surface area contributed by atoms with E-state index in [1.165, 1.54) is 24.3 Å². The molecule has 1 aliphatic carbocycles. The number of benzene rings is 1. The normalized spacial score (nSPS) is 14.6. The highest BCUT2D eigenvalue weighted by Crippen LogP contribution is 2.24. The van der Waals surface area contributed by atoms with Crippen LogP contribution < -0.4 is 15.4 Å². The fourth-order valence-electron chi connectivity index (χ4n) is 2.80. The second-order valence-corrected chi connectivity index (χ2v) is 7.85. The second kappa shape index (κ2) is 9.36. The van der Waals surface area contributed by atoms with Gasteiger partial charge < -0.3 is 10.6 Å². The van der Waals surface area contributed by atoms with Crippen LogP contribution in [0.5, 0.6) is 0 Å². The highest BCUT2D eigenvalue weighted by molar-refractivity contribution is 7.89. The number of hydrogen-bond donors (Lipinski definition) is 3. The van der Waals surface area contributed by atoms with Crippen LogP contribution in [0.4, 0.5) is 0 Å². The average Bonchev–Trinajstić information content (AvgIpc) is 3.18. The van der Waals surface area contributed by atoms with Gasteiger partial charge in [-0.05, 0) is 37.1 Å². The molecule has 1 aromatic carbocycles. The van der Waals surface area contributed by atoms with Crippen LogP contribution in [0.1, 0.15) is 36.0 Å². The molecular weight excluding hydrogens is 354 g/mol. The van der Waals surface area contributed by atoms with E-state index in [0.29, 0.717) is 18.7 Å². The molecule has 0 bridgehead atoms. The van der Waals surface area contributed by atoms with E-state index in [0.717, 1.165) is 25.7 Å². The summed E-state index contributed by atoms with van der Waals surface area (Å²) in [7, 11) is -3.68. The summed E-state index contributed by atoms with van der Waals surface area (Å²) >= 11 is 0. The maximum absolute atomic E-state index is 12.1. The SMILES string of the molecule is C#CCNS(=O)(=O)c1ccc(C(=O)NCCNC(=O)C2CCCC2)cc1. The van der Waals surface area contributed by atoms with Gasteiger partial charge in [0.05, 0.1) is 11.4 Å². The molecule has 1 aliphatic rings. The van der Waals surface area contributed by atoms with E-state index in [1.54, 1.807) is 0 Å². The highest BCUT2D eigenvalue weighted by atomic mass is 32.2. The van der Waals surface area contributed by atoms with Crippen molar-refractivity contribution < 1.29 is 18.0 Å². The van der Waals surface area contributed by atoms with Gasteiger partial charge in [0.1, 0.15) is 0 Å².